The van der Waals surface area contributed by atoms with Crippen LogP contribution in [0.15, 0.2) is 55.1 Å². The zero-order valence-corrected chi connectivity index (χ0v) is 19.3. The first-order chi connectivity index (χ1) is 16.4. The average molecular weight is 458 g/mol. The monoisotopic (exact) mass is 457 g/mol. The van der Waals surface area contributed by atoms with E-state index >= 15 is 0 Å². The fourth-order valence-corrected chi connectivity index (χ4v) is 4.43. The molecule has 0 bridgehead atoms. The Hall–Kier alpha value is -3.78. The summed E-state index contributed by atoms with van der Waals surface area (Å²) < 4.78 is 7.00. The number of ether oxygens (including phenoxy) is 1. The van der Waals surface area contributed by atoms with Crippen molar-refractivity contribution >= 4 is 23.6 Å². The molecule has 8 heteroatoms. The number of hydrogen-bond acceptors (Lipinski definition) is 5. The van der Waals surface area contributed by atoms with Gasteiger partial charge in [-0.05, 0) is 54.3 Å². The van der Waals surface area contributed by atoms with Crippen molar-refractivity contribution < 1.29 is 14.3 Å². The van der Waals surface area contributed by atoms with E-state index in [1.807, 2.05) is 49.3 Å². The molecule has 0 spiro atoms. The summed E-state index contributed by atoms with van der Waals surface area (Å²) in [4.78, 5) is 31.6. The van der Waals surface area contributed by atoms with Crippen molar-refractivity contribution in [3.05, 3.63) is 71.8 Å². The first-order valence-corrected chi connectivity index (χ1v) is 11.3. The van der Waals surface area contributed by atoms with Gasteiger partial charge in [0, 0.05) is 61.6 Å². The van der Waals surface area contributed by atoms with E-state index in [1.54, 1.807) is 29.3 Å². The van der Waals surface area contributed by atoms with Crippen LogP contribution in [0.25, 0.3) is 17.2 Å². The van der Waals surface area contributed by atoms with E-state index < -0.39 is 5.41 Å². The largest absolute Gasteiger partial charge is 0.379 e. The second-order valence-electron chi connectivity index (χ2n) is 9.20. The maximum absolute atomic E-state index is 12.9. The normalized spacial score (nSPS) is 16.7. The lowest BCUT2D eigenvalue weighted by atomic mass is 9.86. The van der Waals surface area contributed by atoms with Gasteiger partial charge in [-0.2, -0.15) is 5.10 Å². The maximum atomic E-state index is 12.9. The van der Waals surface area contributed by atoms with Crippen molar-refractivity contribution in [3.8, 4) is 11.1 Å². The van der Waals surface area contributed by atoms with Gasteiger partial charge in [0.1, 0.15) is 0 Å². The molecule has 0 atom stereocenters. The van der Waals surface area contributed by atoms with Gasteiger partial charge in [-0.3, -0.25) is 19.3 Å². The Kier molecular flexibility index (Phi) is 5.75. The molecule has 4 heterocycles. The van der Waals surface area contributed by atoms with Crippen LogP contribution in [-0.2, 0) is 34.3 Å². The number of aryl methyl sites for hydroxylation is 1. The van der Waals surface area contributed by atoms with Crippen molar-refractivity contribution in [2.75, 3.05) is 25.1 Å². The summed E-state index contributed by atoms with van der Waals surface area (Å²) in [6, 6.07) is 7.81. The average Bonchev–Trinajstić information content (AvgIpc) is 3.26. The molecular weight excluding hydrogens is 430 g/mol. The molecular formula is C26H27N5O3. The van der Waals surface area contributed by atoms with Gasteiger partial charge in [0.15, 0.2) is 0 Å². The van der Waals surface area contributed by atoms with E-state index in [2.05, 4.69) is 15.4 Å². The van der Waals surface area contributed by atoms with Gasteiger partial charge in [-0.1, -0.05) is 6.07 Å². The van der Waals surface area contributed by atoms with Crippen molar-refractivity contribution in [3.63, 3.8) is 0 Å². The zero-order valence-electron chi connectivity index (χ0n) is 19.3. The van der Waals surface area contributed by atoms with E-state index in [0.717, 1.165) is 28.7 Å². The molecule has 1 aromatic carbocycles. The number of rotatable bonds is 5. The Labute approximate surface area is 198 Å². The number of nitrogens with one attached hydrogen (secondary N) is 1. The number of fused-ring (bicyclic) bond motifs is 1. The van der Waals surface area contributed by atoms with Gasteiger partial charge in [0.2, 0.25) is 11.8 Å². The molecule has 5 rings (SSSR count). The third kappa shape index (κ3) is 4.36. The zero-order chi connectivity index (χ0) is 23.7. The lowest BCUT2D eigenvalue weighted by Crippen LogP contribution is -2.54. The predicted octanol–water partition coefficient (Wildman–Crippen LogP) is 3.06. The standard InChI is InChI=1S/C26H27N5O3/c1-26(16-34-17-26)25(33)31-10-8-18-3-5-22(11-20(18)15-31)29-24(32)6-4-19-12-27-9-7-23(19)21-13-28-30(2)14-21/h3-7,9,11-14H,8,10,15-17H2,1-2H3,(H,29,32). The maximum Gasteiger partial charge on any atom is 0.248 e. The third-order valence-corrected chi connectivity index (χ3v) is 6.41. The van der Waals surface area contributed by atoms with Gasteiger partial charge in [-0.25, -0.2) is 0 Å². The van der Waals surface area contributed by atoms with E-state index in [1.165, 1.54) is 11.6 Å². The molecule has 2 aliphatic rings. The van der Waals surface area contributed by atoms with Crippen LogP contribution >= 0.6 is 0 Å². The highest BCUT2D eigenvalue weighted by atomic mass is 16.5. The predicted molar refractivity (Wildman–Crippen MR) is 129 cm³/mol. The highest BCUT2D eigenvalue weighted by Crippen LogP contribution is 2.32. The molecule has 8 nitrogen and oxygen atoms in total. The Morgan fingerprint density at radius 2 is 2.03 bits per heavy atom. The molecule has 1 fully saturated rings. The lowest BCUT2D eigenvalue weighted by Gasteiger charge is -2.41. The molecule has 174 valence electrons. The summed E-state index contributed by atoms with van der Waals surface area (Å²) in [5, 5.41) is 7.16. The number of hydrogen-bond donors (Lipinski definition) is 1. The minimum Gasteiger partial charge on any atom is -0.379 e. The van der Waals surface area contributed by atoms with Crippen molar-refractivity contribution in [1.82, 2.24) is 19.7 Å². The molecule has 3 aromatic rings. The molecule has 2 amide bonds. The summed E-state index contributed by atoms with van der Waals surface area (Å²) in [7, 11) is 1.86. The molecule has 34 heavy (non-hydrogen) atoms. The van der Waals surface area contributed by atoms with Crippen molar-refractivity contribution in [2.24, 2.45) is 12.5 Å². The number of carbonyl (C=O) groups excluding carboxylic acids is 2. The molecule has 0 radical (unpaired) electrons. The van der Waals surface area contributed by atoms with Gasteiger partial charge >= 0.3 is 0 Å². The number of carbonyl (C=O) groups is 2. The second kappa shape index (κ2) is 8.87. The van der Waals surface area contributed by atoms with Crippen molar-refractivity contribution in [1.29, 1.82) is 0 Å². The number of nitrogens with zero attached hydrogens (tertiary/aromatic N) is 4. The van der Waals surface area contributed by atoms with Crippen LogP contribution in [0.5, 0.6) is 0 Å². The van der Waals surface area contributed by atoms with Gasteiger partial charge in [-0.15, -0.1) is 0 Å². The van der Waals surface area contributed by atoms with Crippen LogP contribution in [0.1, 0.15) is 23.6 Å². The first-order valence-electron chi connectivity index (χ1n) is 11.3. The lowest BCUT2D eigenvalue weighted by molar-refractivity contribution is -0.169. The fourth-order valence-electron chi connectivity index (χ4n) is 4.43. The van der Waals surface area contributed by atoms with Crippen LogP contribution in [-0.4, -0.2) is 51.2 Å². The van der Waals surface area contributed by atoms with Crippen molar-refractivity contribution in [2.45, 2.75) is 19.9 Å². The smallest absolute Gasteiger partial charge is 0.248 e. The summed E-state index contributed by atoms with van der Waals surface area (Å²) in [6.45, 7) is 4.18. The number of pyridine rings is 1. The highest BCUT2D eigenvalue weighted by molar-refractivity contribution is 6.02. The summed E-state index contributed by atoms with van der Waals surface area (Å²) in [5.74, 6) is -0.0912. The summed E-state index contributed by atoms with van der Waals surface area (Å²) >= 11 is 0. The minimum absolute atomic E-state index is 0.141. The SMILES string of the molecule is Cn1cc(-c2ccncc2C=CC(=O)Nc2ccc3c(c2)CN(C(=O)C2(C)COC2)CC3)cn1. The van der Waals surface area contributed by atoms with Crippen LogP contribution in [0, 0.1) is 5.41 Å². The van der Waals surface area contributed by atoms with E-state index in [9.17, 15) is 9.59 Å². The van der Waals surface area contributed by atoms with Gasteiger partial charge in [0.25, 0.3) is 0 Å². The van der Waals surface area contributed by atoms with Gasteiger partial charge < -0.3 is 15.0 Å². The molecule has 0 aliphatic carbocycles. The Morgan fingerprint density at radius 3 is 2.76 bits per heavy atom. The Balaban J connectivity index is 1.27. The fraction of sp³-hybridized carbons (Fsp3) is 0.308. The quantitative estimate of drug-likeness (QED) is 0.595. The topological polar surface area (TPSA) is 89.4 Å². The van der Waals surface area contributed by atoms with E-state index in [-0.39, 0.29) is 11.8 Å². The minimum atomic E-state index is -0.408. The molecule has 2 aliphatic heterocycles. The first kappa shape index (κ1) is 22.0. The van der Waals surface area contributed by atoms with E-state index in [4.69, 9.17) is 4.74 Å². The number of benzene rings is 1. The summed E-state index contributed by atoms with van der Waals surface area (Å²) in [6.07, 6.45) is 11.2. The summed E-state index contributed by atoms with van der Waals surface area (Å²) in [5.41, 5.74) is 5.32. The van der Waals surface area contributed by atoms with Crippen LogP contribution in [0.3, 0.4) is 0 Å². The van der Waals surface area contributed by atoms with Crippen LogP contribution in [0.2, 0.25) is 0 Å². The van der Waals surface area contributed by atoms with E-state index in [0.29, 0.717) is 32.0 Å². The van der Waals surface area contributed by atoms with Crippen LogP contribution < -0.4 is 5.32 Å². The number of amides is 2. The highest BCUT2D eigenvalue weighted by Gasteiger charge is 2.44. The molecule has 0 saturated carbocycles. The molecule has 1 N–H and O–H groups in total. The Morgan fingerprint density at radius 1 is 1.18 bits per heavy atom. The Bertz CT molecular complexity index is 1270. The second-order valence-corrected chi connectivity index (χ2v) is 9.20. The molecule has 1 saturated heterocycles. The number of anilines is 1. The third-order valence-electron chi connectivity index (χ3n) is 6.41. The van der Waals surface area contributed by atoms with Gasteiger partial charge in [0.05, 0.1) is 24.8 Å². The molecule has 2 aromatic heterocycles. The number of aromatic nitrogens is 3. The molecule has 0 unspecified atom stereocenters. The van der Waals surface area contributed by atoms with Crippen LogP contribution in [0.4, 0.5) is 5.69 Å².